The molecule has 1 fully saturated rings. The largest absolute Gasteiger partial charge is 0.352 e. The van der Waals surface area contributed by atoms with Crippen LogP contribution in [0.5, 0.6) is 0 Å². The minimum Gasteiger partial charge on any atom is -0.352 e. The average molecular weight is 267 g/mol. The number of carbonyl (C=O) groups excluding carboxylic acids is 1. The van der Waals surface area contributed by atoms with Crippen LogP contribution in [0, 0.1) is 6.92 Å². The minimum absolute atomic E-state index is 0.0491. The van der Waals surface area contributed by atoms with Crippen LogP contribution in [-0.4, -0.2) is 25.0 Å². The maximum atomic E-state index is 11.9. The Hall–Kier alpha value is -1.06. The second kappa shape index (κ2) is 6.21. The van der Waals surface area contributed by atoms with Gasteiger partial charge in [0.15, 0.2) is 0 Å². The predicted octanol–water partition coefficient (Wildman–Crippen LogP) is 2.52. The molecule has 1 aliphatic rings. The first kappa shape index (κ1) is 13.4. The standard InChI is InChI=1S/C14H19ClN2O/c1-10-7-11(9-12(15)8-10)14(18)17-6-2-5-16-13-3-4-13/h7-9,13,16H,2-6H2,1H3,(H,17,18). The van der Waals surface area contributed by atoms with Crippen molar-refractivity contribution in [3.8, 4) is 0 Å². The first-order valence-electron chi connectivity index (χ1n) is 6.44. The van der Waals surface area contributed by atoms with Gasteiger partial charge in [0, 0.05) is 23.2 Å². The maximum Gasteiger partial charge on any atom is 0.251 e. The third kappa shape index (κ3) is 4.31. The molecular weight excluding hydrogens is 248 g/mol. The summed E-state index contributed by atoms with van der Waals surface area (Å²) < 4.78 is 0. The van der Waals surface area contributed by atoms with Crippen molar-refractivity contribution in [2.24, 2.45) is 0 Å². The third-order valence-corrected chi connectivity index (χ3v) is 3.17. The molecule has 0 radical (unpaired) electrons. The van der Waals surface area contributed by atoms with Crippen molar-refractivity contribution in [2.75, 3.05) is 13.1 Å². The van der Waals surface area contributed by atoms with Crippen LogP contribution in [0.15, 0.2) is 18.2 Å². The predicted molar refractivity (Wildman–Crippen MR) is 74.2 cm³/mol. The van der Waals surface area contributed by atoms with Gasteiger partial charge < -0.3 is 10.6 Å². The number of benzene rings is 1. The molecule has 98 valence electrons. The summed E-state index contributed by atoms with van der Waals surface area (Å²) >= 11 is 5.93. The monoisotopic (exact) mass is 266 g/mol. The van der Waals surface area contributed by atoms with Crippen LogP contribution in [-0.2, 0) is 0 Å². The highest BCUT2D eigenvalue weighted by Crippen LogP contribution is 2.18. The number of hydrogen-bond acceptors (Lipinski definition) is 2. The lowest BCUT2D eigenvalue weighted by molar-refractivity contribution is 0.0953. The lowest BCUT2D eigenvalue weighted by Gasteiger charge is -2.07. The molecule has 0 heterocycles. The Morgan fingerprint density at radius 1 is 1.33 bits per heavy atom. The highest BCUT2D eigenvalue weighted by atomic mass is 35.5. The van der Waals surface area contributed by atoms with Crippen molar-refractivity contribution in [2.45, 2.75) is 32.2 Å². The lowest BCUT2D eigenvalue weighted by Crippen LogP contribution is -2.28. The Morgan fingerprint density at radius 3 is 2.78 bits per heavy atom. The number of aryl methyl sites for hydroxylation is 1. The molecule has 0 aliphatic heterocycles. The zero-order valence-corrected chi connectivity index (χ0v) is 11.4. The molecule has 0 aromatic heterocycles. The molecule has 0 spiro atoms. The van der Waals surface area contributed by atoms with Crippen LogP contribution >= 0.6 is 11.6 Å². The fraction of sp³-hybridized carbons (Fsp3) is 0.500. The topological polar surface area (TPSA) is 41.1 Å². The van der Waals surface area contributed by atoms with E-state index in [0.29, 0.717) is 17.1 Å². The molecule has 0 atom stereocenters. The highest BCUT2D eigenvalue weighted by molar-refractivity contribution is 6.31. The summed E-state index contributed by atoms with van der Waals surface area (Å²) in [5.74, 6) is -0.0491. The number of halogens is 1. The summed E-state index contributed by atoms with van der Waals surface area (Å²) in [5.41, 5.74) is 1.64. The van der Waals surface area contributed by atoms with Crippen molar-refractivity contribution in [1.29, 1.82) is 0 Å². The van der Waals surface area contributed by atoms with E-state index >= 15 is 0 Å². The molecule has 3 nitrogen and oxygen atoms in total. The molecule has 0 bridgehead atoms. The van der Waals surface area contributed by atoms with Crippen molar-refractivity contribution in [3.05, 3.63) is 34.3 Å². The summed E-state index contributed by atoms with van der Waals surface area (Å²) in [5, 5.41) is 6.93. The number of rotatable bonds is 6. The van der Waals surface area contributed by atoms with Gasteiger partial charge in [-0.15, -0.1) is 0 Å². The van der Waals surface area contributed by atoms with Gasteiger partial charge in [-0.05, 0) is 56.5 Å². The lowest BCUT2D eigenvalue weighted by atomic mass is 10.1. The van der Waals surface area contributed by atoms with Gasteiger partial charge in [-0.1, -0.05) is 11.6 Å². The van der Waals surface area contributed by atoms with Gasteiger partial charge in [0.05, 0.1) is 0 Å². The second-order valence-corrected chi connectivity index (χ2v) is 5.29. The maximum absolute atomic E-state index is 11.9. The molecule has 0 unspecified atom stereocenters. The normalized spacial score (nSPS) is 14.6. The van der Waals surface area contributed by atoms with Crippen molar-refractivity contribution >= 4 is 17.5 Å². The van der Waals surface area contributed by atoms with E-state index in [0.717, 1.165) is 24.6 Å². The van der Waals surface area contributed by atoms with Crippen molar-refractivity contribution < 1.29 is 4.79 Å². The van der Waals surface area contributed by atoms with E-state index < -0.39 is 0 Å². The Bertz CT molecular complexity index is 410. The SMILES string of the molecule is Cc1cc(Cl)cc(C(=O)NCCCNC2CC2)c1. The molecular formula is C14H19ClN2O. The van der Waals surface area contributed by atoms with Gasteiger partial charge in [-0.25, -0.2) is 0 Å². The molecule has 4 heteroatoms. The van der Waals surface area contributed by atoms with Crippen molar-refractivity contribution in [1.82, 2.24) is 10.6 Å². The van der Waals surface area contributed by atoms with Gasteiger partial charge in [-0.2, -0.15) is 0 Å². The summed E-state index contributed by atoms with van der Waals surface area (Å²) in [7, 11) is 0. The number of nitrogens with one attached hydrogen (secondary N) is 2. The van der Waals surface area contributed by atoms with E-state index in [1.807, 2.05) is 19.1 Å². The van der Waals surface area contributed by atoms with E-state index in [9.17, 15) is 4.79 Å². The minimum atomic E-state index is -0.0491. The zero-order chi connectivity index (χ0) is 13.0. The average Bonchev–Trinajstić information content (AvgIpc) is 3.11. The van der Waals surface area contributed by atoms with E-state index in [1.165, 1.54) is 12.8 Å². The van der Waals surface area contributed by atoms with E-state index in [4.69, 9.17) is 11.6 Å². The van der Waals surface area contributed by atoms with Gasteiger partial charge in [0.25, 0.3) is 5.91 Å². The van der Waals surface area contributed by atoms with Crippen LogP contribution < -0.4 is 10.6 Å². The van der Waals surface area contributed by atoms with Gasteiger partial charge in [0.1, 0.15) is 0 Å². The van der Waals surface area contributed by atoms with Gasteiger partial charge in [0.2, 0.25) is 0 Å². The first-order chi connectivity index (χ1) is 8.65. The number of carbonyl (C=O) groups is 1. The molecule has 0 saturated heterocycles. The van der Waals surface area contributed by atoms with E-state index in [2.05, 4.69) is 10.6 Å². The molecule has 1 aliphatic carbocycles. The Kier molecular flexibility index (Phi) is 4.61. The quantitative estimate of drug-likeness (QED) is 0.777. The Balaban J connectivity index is 1.72. The van der Waals surface area contributed by atoms with Crippen LogP contribution in [0.1, 0.15) is 35.2 Å². The molecule has 18 heavy (non-hydrogen) atoms. The Morgan fingerprint density at radius 2 is 2.11 bits per heavy atom. The molecule has 1 aromatic rings. The Labute approximate surface area is 113 Å². The van der Waals surface area contributed by atoms with E-state index in [1.54, 1.807) is 6.07 Å². The highest BCUT2D eigenvalue weighted by Gasteiger charge is 2.19. The van der Waals surface area contributed by atoms with Gasteiger partial charge in [-0.3, -0.25) is 4.79 Å². The third-order valence-electron chi connectivity index (χ3n) is 2.95. The molecule has 1 saturated carbocycles. The summed E-state index contributed by atoms with van der Waals surface area (Å²) in [6.45, 7) is 3.60. The second-order valence-electron chi connectivity index (χ2n) is 4.86. The fourth-order valence-electron chi connectivity index (χ4n) is 1.85. The smallest absolute Gasteiger partial charge is 0.251 e. The van der Waals surface area contributed by atoms with E-state index in [-0.39, 0.29) is 5.91 Å². The molecule has 1 amide bonds. The van der Waals surface area contributed by atoms with Crippen LogP contribution in [0.3, 0.4) is 0 Å². The summed E-state index contributed by atoms with van der Waals surface area (Å²) in [6.07, 6.45) is 3.56. The zero-order valence-electron chi connectivity index (χ0n) is 10.6. The molecule has 1 aromatic carbocycles. The van der Waals surface area contributed by atoms with Crippen molar-refractivity contribution in [3.63, 3.8) is 0 Å². The van der Waals surface area contributed by atoms with Crippen LogP contribution in [0.25, 0.3) is 0 Å². The number of amides is 1. The number of hydrogen-bond donors (Lipinski definition) is 2. The fourth-order valence-corrected chi connectivity index (χ4v) is 2.14. The first-order valence-corrected chi connectivity index (χ1v) is 6.82. The molecule has 2 N–H and O–H groups in total. The summed E-state index contributed by atoms with van der Waals surface area (Å²) in [4.78, 5) is 11.9. The van der Waals surface area contributed by atoms with Gasteiger partial charge >= 0.3 is 0 Å². The summed E-state index contributed by atoms with van der Waals surface area (Å²) in [6, 6.07) is 6.13. The van der Waals surface area contributed by atoms with Crippen LogP contribution in [0.4, 0.5) is 0 Å². The van der Waals surface area contributed by atoms with Crippen LogP contribution in [0.2, 0.25) is 5.02 Å². The molecule has 2 rings (SSSR count).